The van der Waals surface area contributed by atoms with Crippen LogP contribution in [0.15, 0.2) is 24.3 Å². The predicted octanol–water partition coefficient (Wildman–Crippen LogP) is 7.09. The summed E-state index contributed by atoms with van der Waals surface area (Å²) in [5, 5.41) is 0. The fourth-order valence-corrected chi connectivity index (χ4v) is 3.90. The molecule has 1 atom stereocenters. The Labute approximate surface area is 177 Å². The topological polar surface area (TPSA) is 9.23 Å². The van der Waals surface area contributed by atoms with E-state index in [4.69, 9.17) is 0 Å². The standard InChI is InChI=1S/C24H22F6O/c1-2-3-4-5-15-7-11-19-18(12-15)10-9-17(22(19)27)8-6-16-13-20(25)23(21(26)14-16)31-24(28,29)30/h9-10,13-15H,2-5,7,11-12H2,1H3. The third-order valence-corrected chi connectivity index (χ3v) is 5.42. The summed E-state index contributed by atoms with van der Waals surface area (Å²) in [5.74, 6) is 0.411. The minimum Gasteiger partial charge on any atom is -0.399 e. The van der Waals surface area contributed by atoms with E-state index in [0.717, 1.165) is 31.2 Å². The summed E-state index contributed by atoms with van der Waals surface area (Å²) in [6.07, 6.45) is 1.76. The molecule has 0 aromatic heterocycles. The van der Waals surface area contributed by atoms with E-state index >= 15 is 0 Å². The molecule has 1 unspecified atom stereocenters. The zero-order chi connectivity index (χ0) is 22.6. The Morgan fingerprint density at radius 1 is 1.03 bits per heavy atom. The summed E-state index contributed by atoms with van der Waals surface area (Å²) in [7, 11) is 0. The second kappa shape index (κ2) is 9.67. The average Bonchev–Trinajstić information content (AvgIpc) is 2.70. The third kappa shape index (κ3) is 5.96. The first-order valence-electron chi connectivity index (χ1n) is 10.2. The lowest BCUT2D eigenvalue weighted by molar-refractivity contribution is -0.276. The molecule has 0 radical (unpaired) electrons. The molecule has 31 heavy (non-hydrogen) atoms. The molecule has 1 nitrogen and oxygen atoms in total. The second-order valence-corrected chi connectivity index (χ2v) is 7.74. The van der Waals surface area contributed by atoms with Crippen LogP contribution in [0.2, 0.25) is 0 Å². The number of hydrogen-bond acceptors (Lipinski definition) is 1. The van der Waals surface area contributed by atoms with Gasteiger partial charge in [0.05, 0.1) is 5.56 Å². The van der Waals surface area contributed by atoms with Gasteiger partial charge in [0.15, 0.2) is 11.6 Å². The SMILES string of the molecule is CCCCCC1CCc2c(ccc(C#Cc3cc(F)c(OC(F)(F)F)c(F)c3)c2F)C1. The molecular weight excluding hydrogens is 418 g/mol. The van der Waals surface area contributed by atoms with Crippen molar-refractivity contribution >= 4 is 0 Å². The molecule has 0 N–H and O–H groups in total. The first kappa shape index (κ1) is 23.1. The molecule has 0 bridgehead atoms. The van der Waals surface area contributed by atoms with Crippen LogP contribution in [-0.2, 0) is 12.8 Å². The van der Waals surface area contributed by atoms with Gasteiger partial charge in [-0.1, -0.05) is 50.5 Å². The highest BCUT2D eigenvalue weighted by Gasteiger charge is 2.34. The highest BCUT2D eigenvalue weighted by Crippen LogP contribution is 2.32. The largest absolute Gasteiger partial charge is 0.573 e. The Hall–Kier alpha value is -2.62. The Bertz CT molecular complexity index is 977. The van der Waals surface area contributed by atoms with Gasteiger partial charge in [-0.15, -0.1) is 13.2 Å². The number of unbranched alkanes of at least 4 members (excludes halogenated alkanes) is 2. The Morgan fingerprint density at radius 3 is 2.39 bits per heavy atom. The van der Waals surface area contributed by atoms with Gasteiger partial charge in [0, 0.05) is 5.56 Å². The van der Waals surface area contributed by atoms with Crippen LogP contribution in [0.3, 0.4) is 0 Å². The van der Waals surface area contributed by atoms with Gasteiger partial charge >= 0.3 is 6.36 Å². The minimum absolute atomic E-state index is 0.0830. The van der Waals surface area contributed by atoms with Crippen LogP contribution < -0.4 is 4.74 Å². The van der Waals surface area contributed by atoms with E-state index in [9.17, 15) is 26.3 Å². The van der Waals surface area contributed by atoms with Crippen LogP contribution >= 0.6 is 0 Å². The maximum Gasteiger partial charge on any atom is 0.573 e. The van der Waals surface area contributed by atoms with Gasteiger partial charge in [-0.3, -0.25) is 0 Å². The fraction of sp³-hybridized carbons (Fsp3) is 0.417. The zero-order valence-electron chi connectivity index (χ0n) is 17.0. The van der Waals surface area contributed by atoms with Crippen molar-refractivity contribution in [2.24, 2.45) is 5.92 Å². The van der Waals surface area contributed by atoms with Crippen molar-refractivity contribution in [1.82, 2.24) is 0 Å². The summed E-state index contributed by atoms with van der Waals surface area (Å²) < 4.78 is 82.6. The molecule has 0 spiro atoms. The van der Waals surface area contributed by atoms with Gasteiger partial charge < -0.3 is 4.74 Å². The van der Waals surface area contributed by atoms with Gasteiger partial charge in [-0.2, -0.15) is 0 Å². The number of hydrogen-bond donors (Lipinski definition) is 0. The molecule has 7 heteroatoms. The van der Waals surface area contributed by atoms with E-state index < -0.39 is 29.6 Å². The lowest BCUT2D eigenvalue weighted by Crippen LogP contribution is -2.19. The van der Waals surface area contributed by atoms with Crippen LogP contribution in [-0.4, -0.2) is 6.36 Å². The summed E-state index contributed by atoms with van der Waals surface area (Å²) in [4.78, 5) is 0. The van der Waals surface area contributed by atoms with Crippen LogP contribution in [0.1, 0.15) is 61.3 Å². The van der Waals surface area contributed by atoms with E-state index in [0.29, 0.717) is 30.0 Å². The molecule has 1 aliphatic carbocycles. The molecule has 3 rings (SSSR count). The van der Waals surface area contributed by atoms with E-state index in [2.05, 4.69) is 23.5 Å². The second-order valence-electron chi connectivity index (χ2n) is 7.74. The molecule has 0 fully saturated rings. The number of alkyl halides is 3. The van der Waals surface area contributed by atoms with Crippen LogP contribution in [0, 0.1) is 35.2 Å². The molecule has 0 saturated carbocycles. The van der Waals surface area contributed by atoms with E-state index in [1.54, 1.807) is 0 Å². The predicted molar refractivity (Wildman–Crippen MR) is 105 cm³/mol. The molecule has 2 aromatic carbocycles. The maximum atomic E-state index is 14.9. The van der Waals surface area contributed by atoms with Gasteiger partial charge in [0.2, 0.25) is 5.75 Å². The number of ether oxygens (including phenoxy) is 1. The minimum atomic E-state index is -5.23. The molecule has 0 saturated heterocycles. The molecule has 1 aliphatic rings. The van der Waals surface area contributed by atoms with Gasteiger partial charge in [0.1, 0.15) is 5.82 Å². The van der Waals surface area contributed by atoms with Crippen molar-refractivity contribution < 1.29 is 31.1 Å². The monoisotopic (exact) mass is 440 g/mol. The van der Waals surface area contributed by atoms with Crippen molar-refractivity contribution in [1.29, 1.82) is 0 Å². The number of rotatable bonds is 5. The van der Waals surface area contributed by atoms with Crippen LogP contribution in [0.4, 0.5) is 26.3 Å². The van der Waals surface area contributed by atoms with Gasteiger partial charge in [-0.25, -0.2) is 13.2 Å². The average molecular weight is 440 g/mol. The smallest absolute Gasteiger partial charge is 0.399 e. The Balaban J connectivity index is 1.78. The Morgan fingerprint density at radius 2 is 1.74 bits per heavy atom. The number of fused-ring (bicyclic) bond motifs is 1. The Kier molecular flexibility index (Phi) is 7.19. The quantitative estimate of drug-likeness (QED) is 0.274. The lowest BCUT2D eigenvalue weighted by atomic mass is 9.80. The zero-order valence-corrected chi connectivity index (χ0v) is 17.0. The van der Waals surface area contributed by atoms with Gasteiger partial charge in [-0.05, 0) is 54.5 Å². The molecule has 166 valence electrons. The maximum absolute atomic E-state index is 14.9. The number of halogens is 6. The summed E-state index contributed by atoms with van der Waals surface area (Å²) in [5.41, 5.74) is 1.43. The molecule has 2 aromatic rings. The van der Waals surface area contributed by atoms with Gasteiger partial charge in [0.25, 0.3) is 0 Å². The first-order chi connectivity index (χ1) is 14.7. The van der Waals surface area contributed by atoms with Crippen molar-refractivity contribution in [3.8, 4) is 17.6 Å². The molecular formula is C24H22F6O. The first-order valence-corrected chi connectivity index (χ1v) is 10.2. The van der Waals surface area contributed by atoms with Crippen molar-refractivity contribution in [3.05, 3.63) is 64.0 Å². The van der Waals surface area contributed by atoms with E-state index in [-0.39, 0.29) is 11.1 Å². The van der Waals surface area contributed by atoms with Crippen molar-refractivity contribution in [2.45, 2.75) is 58.2 Å². The van der Waals surface area contributed by atoms with E-state index in [1.807, 2.05) is 6.07 Å². The van der Waals surface area contributed by atoms with Crippen LogP contribution in [0.5, 0.6) is 5.75 Å². The molecule has 0 heterocycles. The highest BCUT2D eigenvalue weighted by atomic mass is 19.4. The van der Waals surface area contributed by atoms with Crippen molar-refractivity contribution in [3.63, 3.8) is 0 Å². The molecule has 0 amide bonds. The van der Waals surface area contributed by atoms with Crippen molar-refractivity contribution in [2.75, 3.05) is 0 Å². The lowest BCUT2D eigenvalue weighted by Gasteiger charge is -2.25. The number of benzene rings is 2. The summed E-state index contributed by atoms with van der Waals surface area (Å²) in [6, 6.07) is 4.60. The van der Waals surface area contributed by atoms with Crippen LogP contribution in [0.25, 0.3) is 0 Å². The highest BCUT2D eigenvalue weighted by molar-refractivity contribution is 5.48. The third-order valence-electron chi connectivity index (χ3n) is 5.42. The normalized spacial score (nSPS) is 15.8. The summed E-state index contributed by atoms with van der Waals surface area (Å²) >= 11 is 0. The van der Waals surface area contributed by atoms with E-state index in [1.165, 1.54) is 18.9 Å². The fourth-order valence-electron chi connectivity index (χ4n) is 3.90. The molecule has 0 aliphatic heterocycles. The summed E-state index contributed by atoms with van der Waals surface area (Å²) in [6.45, 7) is 2.15.